The van der Waals surface area contributed by atoms with Crippen molar-refractivity contribution in [3.8, 4) is 0 Å². The van der Waals surface area contributed by atoms with Crippen molar-refractivity contribution >= 4 is 5.78 Å². The summed E-state index contributed by atoms with van der Waals surface area (Å²) in [4.78, 5) is 14.0. The first-order chi connectivity index (χ1) is 7.27. The Morgan fingerprint density at radius 3 is 2.67 bits per heavy atom. The fraction of sp³-hybridized carbons (Fsp3) is 0.909. The normalized spacial score (nSPS) is 46.3. The van der Waals surface area contributed by atoms with Crippen LogP contribution in [0.3, 0.4) is 0 Å². The first-order valence-electron chi connectivity index (χ1n) is 5.80. The molecule has 1 heterocycles. The molecule has 1 N–H and O–H groups in total. The van der Waals surface area contributed by atoms with E-state index in [2.05, 4.69) is 4.90 Å². The van der Waals surface area contributed by atoms with Gasteiger partial charge in [-0.15, -0.1) is 0 Å². The van der Waals surface area contributed by atoms with Gasteiger partial charge in [0.05, 0.1) is 19.3 Å². The van der Waals surface area contributed by atoms with E-state index >= 15 is 0 Å². The molecule has 0 spiro atoms. The summed E-state index contributed by atoms with van der Waals surface area (Å²) in [6, 6.07) is 0.302. The third-order valence-electron chi connectivity index (χ3n) is 4.16. The highest BCUT2D eigenvalue weighted by atomic mass is 16.5. The number of aliphatic hydroxyl groups is 1. The maximum absolute atomic E-state index is 11.7. The molecule has 3 aliphatic rings. The number of carbonyl (C=O) groups is 1. The van der Waals surface area contributed by atoms with Crippen molar-refractivity contribution in [1.82, 2.24) is 4.90 Å². The second-order valence-electron chi connectivity index (χ2n) is 4.88. The molecule has 1 saturated heterocycles. The van der Waals surface area contributed by atoms with E-state index in [0.717, 1.165) is 26.3 Å². The van der Waals surface area contributed by atoms with Gasteiger partial charge < -0.3 is 9.84 Å². The van der Waals surface area contributed by atoms with Gasteiger partial charge in [-0.25, -0.2) is 0 Å². The third kappa shape index (κ3) is 1.43. The molecule has 0 aromatic carbocycles. The maximum Gasteiger partial charge on any atom is 0.138 e. The maximum atomic E-state index is 11.7. The van der Waals surface area contributed by atoms with Crippen molar-refractivity contribution in [2.75, 3.05) is 26.3 Å². The predicted octanol–water partition coefficient (Wildman–Crippen LogP) is -0.343. The summed E-state index contributed by atoms with van der Waals surface area (Å²) in [5, 5.41) is 9.83. The van der Waals surface area contributed by atoms with Gasteiger partial charge >= 0.3 is 0 Å². The molecule has 1 aliphatic heterocycles. The van der Waals surface area contributed by atoms with Crippen LogP contribution in [0, 0.1) is 11.8 Å². The van der Waals surface area contributed by atoms with Crippen LogP contribution >= 0.6 is 0 Å². The van der Waals surface area contributed by atoms with E-state index in [4.69, 9.17) is 4.74 Å². The molecule has 0 aromatic heterocycles. The first-order valence-corrected chi connectivity index (χ1v) is 5.80. The van der Waals surface area contributed by atoms with Crippen molar-refractivity contribution in [3.63, 3.8) is 0 Å². The predicted molar refractivity (Wildman–Crippen MR) is 53.4 cm³/mol. The molecule has 2 bridgehead atoms. The number of ether oxygens (including phenoxy) is 1. The van der Waals surface area contributed by atoms with Crippen molar-refractivity contribution in [2.24, 2.45) is 11.8 Å². The molecule has 84 valence electrons. The Labute approximate surface area is 89.2 Å². The zero-order chi connectivity index (χ0) is 10.4. The molecule has 3 unspecified atom stereocenters. The van der Waals surface area contributed by atoms with Crippen LogP contribution in [0.5, 0.6) is 0 Å². The fourth-order valence-corrected chi connectivity index (χ4v) is 3.46. The van der Waals surface area contributed by atoms with Crippen molar-refractivity contribution in [3.05, 3.63) is 0 Å². The Morgan fingerprint density at radius 2 is 2.07 bits per heavy atom. The van der Waals surface area contributed by atoms with Crippen LogP contribution < -0.4 is 0 Å². The monoisotopic (exact) mass is 211 g/mol. The highest BCUT2D eigenvalue weighted by Crippen LogP contribution is 2.45. The van der Waals surface area contributed by atoms with E-state index in [-0.39, 0.29) is 17.9 Å². The zero-order valence-electron chi connectivity index (χ0n) is 8.76. The Morgan fingerprint density at radius 1 is 1.33 bits per heavy atom. The molecule has 2 saturated carbocycles. The number of fused-ring (bicyclic) bond motifs is 2. The van der Waals surface area contributed by atoms with Crippen LogP contribution in [-0.2, 0) is 9.53 Å². The Kier molecular flexibility index (Phi) is 2.30. The number of rotatable bonds is 1. The number of morpholine rings is 1. The van der Waals surface area contributed by atoms with Gasteiger partial charge in [0.1, 0.15) is 5.78 Å². The number of nitrogens with zero attached hydrogens (tertiary/aromatic N) is 1. The lowest BCUT2D eigenvalue weighted by Gasteiger charge is -2.34. The molecule has 15 heavy (non-hydrogen) atoms. The topological polar surface area (TPSA) is 49.8 Å². The molecule has 4 heteroatoms. The second kappa shape index (κ2) is 3.54. The summed E-state index contributed by atoms with van der Waals surface area (Å²) in [6.45, 7) is 3.36. The molecule has 4 nitrogen and oxygen atoms in total. The highest BCUT2D eigenvalue weighted by molar-refractivity contribution is 5.86. The van der Waals surface area contributed by atoms with Gasteiger partial charge in [-0.2, -0.15) is 0 Å². The van der Waals surface area contributed by atoms with Crippen molar-refractivity contribution in [2.45, 2.75) is 25.0 Å². The standard InChI is InChI=1S/C11H17NO3/c13-9-5-7-10(14)6-8(9)11(7)12-1-3-15-4-2-12/h7-9,11,13H,1-6H2/t7-,8?,9?,11?/m0/s1. The number of hydrogen-bond donors (Lipinski definition) is 1. The number of Topliss-reactive ketones (excluding diaryl/α,β-unsaturated/α-hetero) is 1. The van der Waals surface area contributed by atoms with Crippen molar-refractivity contribution < 1.29 is 14.6 Å². The van der Waals surface area contributed by atoms with Gasteiger partial charge in [-0.3, -0.25) is 9.69 Å². The number of ketones is 1. The minimum Gasteiger partial charge on any atom is -0.393 e. The first kappa shape index (κ1) is 9.75. The van der Waals surface area contributed by atoms with Crippen LogP contribution in [0.4, 0.5) is 0 Å². The molecular weight excluding hydrogens is 194 g/mol. The average Bonchev–Trinajstić information content (AvgIpc) is 2.73. The molecular formula is C11H17NO3. The summed E-state index contributed by atoms with van der Waals surface area (Å²) in [7, 11) is 0. The van der Waals surface area contributed by atoms with E-state index in [9.17, 15) is 9.90 Å². The zero-order valence-corrected chi connectivity index (χ0v) is 8.76. The molecule has 0 amide bonds. The lowest BCUT2D eigenvalue weighted by molar-refractivity contribution is -0.123. The highest BCUT2D eigenvalue weighted by Gasteiger charge is 2.54. The van der Waals surface area contributed by atoms with E-state index in [0.29, 0.717) is 24.7 Å². The van der Waals surface area contributed by atoms with Gasteiger partial charge in [0.15, 0.2) is 0 Å². The Hall–Kier alpha value is -0.450. The molecule has 0 radical (unpaired) electrons. The number of carbonyl (C=O) groups excluding carboxylic acids is 1. The Balaban J connectivity index is 1.78. The number of hydrogen-bond acceptors (Lipinski definition) is 4. The molecule has 2 aliphatic carbocycles. The van der Waals surface area contributed by atoms with Gasteiger partial charge in [0, 0.05) is 37.4 Å². The van der Waals surface area contributed by atoms with Crippen LogP contribution in [0.25, 0.3) is 0 Å². The van der Waals surface area contributed by atoms with Crippen LogP contribution in [0.15, 0.2) is 0 Å². The van der Waals surface area contributed by atoms with Crippen LogP contribution in [0.2, 0.25) is 0 Å². The summed E-state index contributed by atoms with van der Waals surface area (Å²) in [5.41, 5.74) is 0. The van der Waals surface area contributed by atoms with Crippen LogP contribution in [0.1, 0.15) is 12.8 Å². The van der Waals surface area contributed by atoms with E-state index in [1.807, 2.05) is 0 Å². The molecule has 4 atom stereocenters. The van der Waals surface area contributed by atoms with Gasteiger partial charge in [0.2, 0.25) is 0 Å². The SMILES string of the molecule is O=C1CC2C(O)C[C@@H]1C2N1CCOCC1. The smallest absolute Gasteiger partial charge is 0.138 e. The number of aliphatic hydroxyl groups excluding tert-OH is 1. The minimum atomic E-state index is -0.249. The summed E-state index contributed by atoms with van der Waals surface area (Å²) < 4.78 is 5.31. The molecule has 0 aromatic rings. The summed E-state index contributed by atoms with van der Waals surface area (Å²) >= 11 is 0. The van der Waals surface area contributed by atoms with Gasteiger partial charge in [-0.05, 0) is 6.42 Å². The minimum absolute atomic E-state index is 0.100. The van der Waals surface area contributed by atoms with E-state index in [1.165, 1.54) is 0 Å². The summed E-state index contributed by atoms with van der Waals surface area (Å²) in [5.74, 6) is 0.658. The van der Waals surface area contributed by atoms with E-state index in [1.54, 1.807) is 0 Å². The van der Waals surface area contributed by atoms with Gasteiger partial charge in [-0.1, -0.05) is 0 Å². The quantitative estimate of drug-likeness (QED) is 0.644. The lowest BCUT2D eigenvalue weighted by atomic mass is 9.97. The Bertz CT molecular complexity index is 275. The average molecular weight is 211 g/mol. The van der Waals surface area contributed by atoms with Gasteiger partial charge in [0.25, 0.3) is 0 Å². The fourth-order valence-electron chi connectivity index (χ4n) is 3.46. The largest absolute Gasteiger partial charge is 0.393 e. The molecule has 3 fully saturated rings. The molecule has 3 rings (SSSR count). The van der Waals surface area contributed by atoms with E-state index < -0.39 is 0 Å². The lowest BCUT2D eigenvalue weighted by Crippen LogP contribution is -2.46. The van der Waals surface area contributed by atoms with Crippen molar-refractivity contribution in [1.29, 1.82) is 0 Å². The second-order valence-corrected chi connectivity index (χ2v) is 4.88. The van der Waals surface area contributed by atoms with Crippen LogP contribution in [-0.4, -0.2) is 54.2 Å². The summed E-state index contributed by atoms with van der Waals surface area (Å²) in [6.07, 6.45) is 1.03. The third-order valence-corrected chi connectivity index (χ3v) is 4.16.